The first-order valence-electron chi connectivity index (χ1n) is 5.30. The molecule has 0 saturated heterocycles. The van der Waals surface area contributed by atoms with E-state index in [-0.39, 0.29) is 0 Å². The molecule has 0 bridgehead atoms. The van der Waals surface area contributed by atoms with Gasteiger partial charge in [0.15, 0.2) is 5.13 Å². The van der Waals surface area contributed by atoms with Crippen LogP contribution < -0.4 is 5.32 Å². The van der Waals surface area contributed by atoms with Crippen molar-refractivity contribution in [3.05, 3.63) is 52.0 Å². The Labute approximate surface area is 122 Å². The van der Waals surface area contributed by atoms with Gasteiger partial charge in [-0.1, -0.05) is 51.0 Å². The van der Waals surface area contributed by atoms with Crippen LogP contribution in [0.25, 0.3) is 10.2 Å². The number of aromatic nitrogens is 1. The first kappa shape index (κ1) is 12.0. The average molecular weight is 340 g/mol. The largest absolute Gasteiger partial charge is 0.330 e. The molecule has 5 heteroatoms. The number of fused-ring (bicyclic) bond motifs is 1. The highest BCUT2D eigenvalue weighted by molar-refractivity contribution is 9.10. The average Bonchev–Trinajstić information content (AvgIpc) is 2.73. The lowest BCUT2D eigenvalue weighted by atomic mass is 10.3. The van der Waals surface area contributed by atoms with E-state index in [9.17, 15) is 0 Å². The van der Waals surface area contributed by atoms with Gasteiger partial charge in [0, 0.05) is 4.47 Å². The molecule has 0 spiro atoms. The highest BCUT2D eigenvalue weighted by atomic mass is 79.9. The maximum atomic E-state index is 6.10. The SMILES string of the molecule is Clc1ccccc1Nc1nc2ccc(Br)cc2s1. The predicted molar refractivity (Wildman–Crippen MR) is 82.1 cm³/mol. The van der Waals surface area contributed by atoms with Crippen LogP contribution in [0.4, 0.5) is 10.8 Å². The van der Waals surface area contributed by atoms with Gasteiger partial charge in [0.2, 0.25) is 0 Å². The Morgan fingerprint density at radius 3 is 2.83 bits per heavy atom. The van der Waals surface area contributed by atoms with Crippen LogP contribution in [0.15, 0.2) is 46.9 Å². The van der Waals surface area contributed by atoms with Gasteiger partial charge in [0.1, 0.15) is 0 Å². The minimum atomic E-state index is 0.693. The standard InChI is InChI=1S/C13H8BrClN2S/c14-8-5-6-11-12(7-8)18-13(17-11)16-10-4-2-1-3-9(10)15/h1-7H,(H,16,17). The van der Waals surface area contributed by atoms with Crippen LogP contribution in [0, 0.1) is 0 Å². The Balaban J connectivity index is 1.98. The van der Waals surface area contributed by atoms with E-state index in [1.807, 2.05) is 36.4 Å². The van der Waals surface area contributed by atoms with Crippen LogP contribution in [0.5, 0.6) is 0 Å². The number of thiazole rings is 1. The number of benzene rings is 2. The van der Waals surface area contributed by atoms with E-state index in [1.54, 1.807) is 11.3 Å². The lowest BCUT2D eigenvalue weighted by molar-refractivity contribution is 1.44. The summed E-state index contributed by atoms with van der Waals surface area (Å²) in [5, 5.41) is 4.78. The maximum Gasteiger partial charge on any atom is 0.188 e. The fraction of sp³-hybridized carbons (Fsp3) is 0. The molecule has 3 rings (SSSR count). The minimum Gasteiger partial charge on any atom is -0.330 e. The molecule has 18 heavy (non-hydrogen) atoms. The molecule has 0 fully saturated rings. The Hall–Kier alpha value is -1.10. The summed E-state index contributed by atoms with van der Waals surface area (Å²) in [6.45, 7) is 0. The molecule has 90 valence electrons. The van der Waals surface area contributed by atoms with Gasteiger partial charge >= 0.3 is 0 Å². The molecule has 0 radical (unpaired) electrons. The molecule has 1 aromatic heterocycles. The predicted octanol–water partition coefficient (Wildman–Crippen LogP) is 5.46. The van der Waals surface area contributed by atoms with Crippen molar-refractivity contribution in [2.45, 2.75) is 0 Å². The molecule has 0 unspecified atom stereocenters. The summed E-state index contributed by atoms with van der Waals surface area (Å²) in [5.74, 6) is 0. The van der Waals surface area contributed by atoms with E-state index in [2.05, 4.69) is 32.3 Å². The van der Waals surface area contributed by atoms with Crippen molar-refractivity contribution in [2.75, 3.05) is 5.32 Å². The van der Waals surface area contributed by atoms with Gasteiger partial charge < -0.3 is 5.32 Å². The Morgan fingerprint density at radius 1 is 1.17 bits per heavy atom. The summed E-state index contributed by atoms with van der Waals surface area (Å²) in [6.07, 6.45) is 0. The lowest BCUT2D eigenvalue weighted by Crippen LogP contribution is -1.89. The third kappa shape index (κ3) is 2.36. The molecule has 2 nitrogen and oxygen atoms in total. The number of para-hydroxylation sites is 1. The normalized spacial score (nSPS) is 10.8. The second-order valence-electron chi connectivity index (χ2n) is 3.74. The van der Waals surface area contributed by atoms with E-state index in [4.69, 9.17) is 11.6 Å². The minimum absolute atomic E-state index is 0.693. The molecule has 2 aromatic carbocycles. The van der Waals surface area contributed by atoms with Crippen molar-refractivity contribution in [3.8, 4) is 0 Å². The van der Waals surface area contributed by atoms with Crippen LogP contribution in [-0.4, -0.2) is 4.98 Å². The molecule has 0 saturated carbocycles. The van der Waals surface area contributed by atoms with Gasteiger partial charge in [0.05, 0.1) is 20.9 Å². The highest BCUT2D eigenvalue weighted by Gasteiger charge is 2.06. The van der Waals surface area contributed by atoms with Crippen LogP contribution in [-0.2, 0) is 0 Å². The van der Waals surface area contributed by atoms with Gasteiger partial charge in [-0.25, -0.2) is 4.98 Å². The molecule has 0 atom stereocenters. The van der Waals surface area contributed by atoms with Crippen LogP contribution in [0.3, 0.4) is 0 Å². The molecule has 0 aliphatic rings. The second-order valence-corrected chi connectivity index (χ2v) is 6.09. The first-order chi connectivity index (χ1) is 8.72. The van der Waals surface area contributed by atoms with Crippen molar-refractivity contribution >= 4 is 59.9 Å². The number of halogens is 2. The molecular weight excluding hydrogens is 332 g/mol. The van der Waals surface area contributed by atoms with Crippen molar-refractivity contribution in [1.29, 1.82) is 0 Å². The van der Waals surface area contributed by atoms with Crippen LogP contribution in [0.1, 0.15) is 0 Å². The topological polar surface area (TPSA) is 24.9 Å². The number of hydrogen-bond donors (Lipinski definition) is 1. The monoisotopic (exact) mass is 338 g/mol. The zero-order valence-electron chi connectivity index (χ0n) is 9.15. The van der Waals surface area contributed by atoms with Gasteiger partial charge in [-0.15, -0.1) is 0 Å². The Kier molecular flexibility index (Phi) is 3.24. The molecule has 1 heterocycles. The summed E-state index contributed by atoms with van der Waals surface area (Å²) in [7, 11) is 0. The molecular formula is C13H8BrClN2S. The van der Waals surface area contributed by atoms with Crippen molar-refractivity contribution in [1.82, 2.24) is 4.98 Å². The van der Waals surface area contributed by atoms with Crippen LogP contribution >= 0.6 is 38.9 Å². The number of hydrogen-bond acceptors (Lipinski definition) is 3. The van der Waals surface area contributed by atoms with Crippen molar-refractivity contribution < 1.29 is 0 Å². The number of anilines is 2. The zero-order valence-corrected chi connectivity index (χ0v) is 12.3. The van der Waals surface area contributed by atoms with E-state index >= 15 is 0 Å². The summed E-state index contributed by atoms with van der Waals surface area (Å²) in [4.78, 5) is 4.52. The number of nitrogens with one attached hydrogen (secondary N) is 1. The van der Waals surface area contributed by atoms with Gasteiger partial charge in [-0.3, -0.25) is 0 Å². The fourth-order valence-corrected chi connectivity index (χ4v) is 3.24. The lowest BCUT2D eigenvalue weighted by Gasteiger charge is -2.03. The van der Waals surface area contributed by atoms with Gasteiger partial charge in [-0.05, 0) is 30.3 Å². The van der Waals surface area contributed by atoms with Crippen LogP contribution in [0.2, 0.25) is 5.02 Å². The summed E-state index contributed by atoms with van der Waals surface area (Å²) < 4.78 is 2.20. The number of nitrogens with zero attached hydrogens (tertiary/aromatic N) is 1. The van der Waals surface area contributed by atoms with E-state index in [0.717, 1.165) is 25.5 Å². The van der Waals surface area contributed by atoms with Crippen molar-refractivity contribution in [2.24, 2.45) is 0 Å². The Bertz CT molecular complexity index is 711. The summed E-state index contributed by atoms with van der Waals surface area (Å²) in [5.41, 5.74) is 1.86. The summed E-state index contributed by atoms with van der Waals surface area (Å²) >= 11 is 11.2. The van der Waals surface area contributed by atoms with Gasteiger partial charge in [0.25, 0.3) is 0 Å². The van der Waals surface area contributed by atoms with E-state index < -0.39 is 0 Å². The molecule has 0 aliphatic carbocycles. The van der Waals surface area contributed by atoms with E-state index in [1.165, 1.54) is 0 Å². The third-order valence-electron chi connectivity index (χ3n) is 2.47. The molecule has 0 aliphatic heterocycles. The summed E-state index contributed by atoms with van der Waals surface area (Å²) in [6, 6.07) is 13.7. The van der Waals surface area contributed by atoms with Gasteiger partial charge in [-0.2, -0.15) is 0 Å². The second kappa shape index (κ2) is 4.88. The maximum absolute atomic E-state index is 6.10. The zero-order chi connectivity index (χ0) is 12.5. The third-order valence-corrected chi connectivity index (χ3v) is 4.22. The Morgan fingerprint density at radius 2 is 2.00 bits per heavy atom. The van der Waals surface area contributed by atoms with E-state index in [0.29, 0.717) is 5.02 Å². The van der Waals surface area contributed by atoms with Crippen molar-refractivity contribution in [3.63, 3.8) is 0 Å². The highest BCUT2D eigenvalue weighted by Crippen LogP contribution is 2.32. The molecule has 0 amide bonds. The fourth-order valence-electron chi connectivity index (χ4n) is 1.63. The first-order valence-corrected chi connectivity index (χ1v) is 7.29. The molecule has 1 N–H and O–H groups in total. The molecule has 3 aromatic rings. The quantitative estimate of drug-likeness (QED) is 0.671. The number of rotatable bonds is 2. The smallest absolute Gasteiger partial charge is 0.188 e.